The quantitative estimate of drug-likeness (QED) is 0.460. The normalized spacial score (nSPS) is 24.5. The Hall–Kier alpha value is -2.41. The molecule has 2 aliphatic carbocycles. The zero-order chi connectivity index (χ0) is 23.8. The Morgan fingerprint density at radius 3 is 2.03 bits per heavy atom. The lowest BCUT2D eigenvalue weighted by atomic mass is 9.63. The summed E-state index contributed by atoms with van der Waals surface area (Å²) < 4.78 is 0. The Labute approximate surface area is 206 Å². The molecule has 3 aromatic rings. The van der Waals surface area contributed by atoms with Gasteiger partial charge in [-0.05, 0) is 54.7 Å². The predicted molar refractivity (Wildman–Crippen MR) is 129 cm³/mol. The van der Waals surface area contributed by atoms with Crippen molar-refractivity contribution in [2.45, 2.75) is 44.4 Å². The van der Waals surface area contributed by atoms with E-state index in [1.807, 2.05) is 0 Å². The summed E-state index contributed by atoms with van der Waals surface area (Å²) in [7, 11) is 0. The summed E-state index contributed by atoms with van der Waals surface area (Å²) in [5.41, 5.74) is 6.39. The van der Waals surface area contributed by atoms with E-state index >= 15 is 0 Å². The molecule has 9 heteroatoms. The number of hydrogen-bond donors (Lipinski definition) is 2. The van der Waals surface area contributed by atoms with Gasteiger partial charge in [0.15, 0.2) is 0 Å². The molecule has 2 unspecified atom stereocenters. The molecule has 1 saturated carbocycles. The molecule has 6 nitrogen and oxygen atoms in total. The van der Waals surface area contributed by atoms with Crippen LogP contribution >= 0.6 is 34.8 Å². The molecule has 1 aromatic heterocycles. The number of amides is 2. The van der Waals surface area contributed by atoms with Crippen molar-refractivity contribution in [1.29, 1.82) is 0 Å². The van der Waals surface area contributed by atoms with Gasteiger partial charge in [0.05, 0.1) is 32.5 Å². The van der Waals surface area contributed by atoms with E-state index in [4.69, 9.17) is 44.8 Å². The van der Waals surface area contributed by atoms with Crippen molar-refractivity contribution in [3.05, 3.63) is 68.4 Å². The monoisotopic (exact) mass is 502 g/mol. The molecule has 0 aliphatic heterocycles. The first-order chi connectivity index (χ1) is 15.5. The maximum Gasteiger partial charge on any atom is 0.269 e. The number of carbonyl (C=O) groups is 2. The number of nitrogens with zero attached hydrogens (tertiary/aromatic N) is 2. The van der Waals surface area contributed by atoms with Gasteiger partial charge in [0, 0.05) is 16.0 Å². The third-order valence-corrected chi connectivity index (χ3v) is 8.84. The summed E-state index contributed by atoms with van der Waals surface area (Å²) in [6.07, 6.45) is 1.36. The number of fused-ring (bicyclic) bond motifs is 6. The summed E-state index contributed by atoms with van der Waals surface area (Å²) in [5, 5.41) is 1.31. The SMILES string of the molecule is CC12CCC(C(=O)NNC(=O)c3ccc(Cl)cc3)(c3nc4cc(Cl)c(Cl)cc4nc31)C2(C)C. The number of carbonyl (C=O) groups excluding carboxylic acids is 2. The molecular weight excluding hydrogens is 483 g/mol. The molecule has 2 aromatic carbocycles. The summed E-state index contributed by atoms with van der Waals surface area (Å²) in [4.78, 5) is 36.1. The maximum atomic E-state index is 13.7. The van der Waals surface area contributed by atoms with E-state index in [2.05, 4.69) is 31.6 Å². The van der Waals surface area contributed by atoms with Crippen molar-refractivity contribution >= 4 is 57.7 Å². The van der Waals surface area contributed by atoms with Crippen molar-refractivity contribution < 1.29 is 9.59 Å². The van der Waals surface area contributed by atoms with Gasteiger partial charge in [0.1, 0.15) is 5.41 Å². The Morgan fingerprint density at radius 1 is 0.848 bits per heavy atom. The molecule has 2 atom stereocenters. The molecule has 33 heavy (non-hydrogen) atoms. The van der Waals surface area contributed by atoms with Gasteiger partial charge in [0.2, 0.25) is 0 Å². The van der Waals surface area contributed by atoms with Crippen LogP contribution in [0.2, 0.25) is 15.1 Å². The summed E-state index contributed by atoms with van der Waals surface area (Å²) in [6.45, 7) is 6.25. The molecule has 0 saturated heterocycles. The van der Waals surface area contributed by atoms with Gasteiger partial charge in [-0.25, -0.2) is 9.97 Å². The molecule has 2 bridgehead atoms. The van der Waals surface area contributed by atoms with E-state index in [-0.39, 0.29) is 11.3 Å². The topological polar surface area (TPSA) is 84.0 Å². The highest BCUT2D eigenvalue weighted by atomic mass is 35.5. The van der Waals surface area contributed by atoms with Crippen molar-refractivity contribution in [1.82, 2.24) is 20.8 Å². The van der Waals surface area contributed by atoms with Crippen molar-refractivity contribution in [2.24, 2.45) is 5.41 Å². The van der Waals surface area contributed by atoms with Crippen LogP contribution in [0.25, 0.3) is 11.0 Å². The third-order valence-electron chi connectivity index (χ3n) is 7.86. The second-order valence-electron chi connectivity index (χ2n) is 9.45. The number of hydrogen-bond acceptors (Lipinski definition) is 4. The van der Waals surface area contributed by atoms with Gasteiger partial charge in [-0.3, -0.25) is 20.4 Å². The minimum atomic E-state index is -0.961. The van der Waals surface area contributed by atoms with Crippen LogP contribution in [0.1, 0.15) is 55.4 Å². The van der Waals surface area contributed by atoms with Crippen LogP contribution in [0, 0.1) is 5.41 Å². The molecule has 1 heterocycles. The Bertz CT molecular complexity index is 1340. The van der Waals surface area contributed by atoms with Gasteiger partial charge in [-0.15, -0.1) is 0 Å². The molecule has 170 valence electrons. The number of rotatable bonds is 2. The number of halogens is 3. The molecule has 2 aliphatic rings. The largest absolute Gasteiger partial charge is 0.272 e. The predicted octanol–water partition coefficient (Wildman–Crippen LogP) is 5.38. The number of benzene rings is 2. The highest BCUT2D eigenvalue weighted by molar-refractivity contribution is 6.42. The zero-order valence-electron chi connectivity index (χ0n) is 18.2. The number of aromatic nitrogens is 2. The smallest absolute Gasteiger partial charge is 0.269 e. The van der Waals surface area contributed by atoms with E-state index in [1.165, 1.54) is 0 Å². The Balaban J connectivity index is 1.55. The fourth-order valence-corrected chi connectivity index (χ4v) is 5.94. The van der Waals surface area contributed by atoms with E-state index in [0.717, 1.165) is 12.1 Å². The lowest BCUT2D eigenvalue weighted by molar-refractivity contribution is -0.131. The van der Waals surface area contributed by atoms with Crippen LogP contribution in [-0.4, -0.2) is 21.8 Å². The van der Waals surface area contributed by atoms with Gasteiger partial charge in [-0.2, -0.15) is 0 Å². The fraction of sp³-hybridized carbons (Fsp3) is 0.333. The average molecular weight is 504 g/mol. The second kappa shape index (κ2) is 7.29. The highest BCUT2D eigenvalue weighted by Crippen LogP contribution is 2.70. The Morgan fingerprint density at radius 2 is 1.42 bits per heavy atom. The standard InChI is InChI=1S/C24H21Cl3N4O2/c1-22(2)23(3)8-9-24(22,21(33)31-30-20(32)12-4-6-13(25)7-5-12)19-18(23)28-16-10-14(26)15(27)11-17(16)29-19/h4-7,10-11H,8-9H2,1-3H3,(H,30,32)(H,31,33). The van der Waals surface area contributed by atoms with Crippen molar-refractivity contribution in [3.8, 4) is 0 Å². The molecule has 2 N–H and O–H groups in total. The minimum Gasteiger partial charge on any atom is -0.272 e. The molecule has 5 rings (SSSR count). The van der Waals surface area contributed by atoms with E-state index in [0.29, 0.717) is 43.8 Å². The van der Waals surface area contributed by atoms with Crippen molar-refractivity contribution in [2.75, 3.05) is 0 Å². The van der Waals surface area contributed by atoms with Gasteiger partial charge >= 0.3 is 0 Å². The van der Waals surface area contributed by atoms with Crippen LogP contribution in [0.4, 0.5) is 0 Å². The van der Waals surface area contributed by atoms with Crippen LogP contribution in [0.15, 0.2) is 36.4 Å². The lowest BCUT2D eigenvalue weighted by Crippen LogP contribution is -2.55. The highest BCUT2D eigenvalue weighted by Gasteiger charge is 2.73. The van der Waals surface area contributed by atoms with Crippen LogP contribution in [0.3, 0.4) is 0 Å². The molecule has 1 fully saturated rings. The second-order valence-corrected chi connectivity index (χ2v) is 10.7. The third kappa shape index (κ3) is 2.94. The first-order valence-electron chi connectivity index (χ1n) is 10.6. The van der Waals surface area contributed by atoms with Crippen LogP contribution in [0.5, 0.6) is 0 Å². The number of nitrogens with one attached hydrogen (secondary N) is 2. The van der Waals surface area contributed by atoms with Crippen LogP contribution < -0.4 is 10.9 Å². The first kappa shape index (κ1) is 22.4. The zero-order valence-corrected chi connectivity index (χ0v) is 20.5. The Kier molecular flexibility index (Phi) is 4.95. The molecule has 0 spiro atoms. The van der Waals surface area contributed by atoms with Gasteiger partial charge in [0.25, 0.3) is 11.8 Å². The fourth-order valence-electron chi connectivity index (χ4n) is 5.49. The lowest BCUT2D eigenvalue weighted by Gasteiger charge is -2.39. The van der Waals surface area contributed by atoms with Gasteiger partial charge in [-0.1, -0.05) is 55.6 Å². The maximum absolute atomic E-state index is 13.7. The molecule has 0 radical (unpaired) electrons. The van der Waals surface area contributed by atoms with Gasteiger partial charge < -0.3 is 0 Å². The van der Waals surface area contributed by atoms with E-state index in [1.54, 1.807) is 36.4 Å². The summed E-state index contributed by atoms with van der Waals surface area (Å²) in [5.74, 6) is -0.745. The summed E-state index contributed by atoms with van der Waals surface area (Å²) >= 11 is 18.3. The minimum absolute atomic E-state index is 0.314. The number of hydrazine groups is 1. The first-order valence-corrected chi connectivity index (χ1v) is 11.7. The molecule has 2 amide bonds. The summed E-state index contributed by atoms with van der Waals surface area (Å²) in [6, 6.07) is 9.79. The molecular formula is C24H21Cl3N4O2. The van der Waals surface area contributed by atoms with E-state index in [9.17, 15) is 9.59 Å². The van der Waals surface area contributed by atoms with Crippen LogP contribution in [-0.2, 0) is 15.6 Å². The van der Waals surface area contributed by atoms with Crippen molar-refractivity contribution in [3.63, 3.8) is 0 Å². The van der Waals surface area contributed by atoms with E-state index < -0.39 is 16.7 Å². The average Bonchev–Trinajstić information content (AvgIpc) is 3.07.